The second-order valence-electron chi connectivity index (χ2n) is 5.88. The van der Waals surface area contributed by atoms with Gasteiger partial charge in [-0.15, -0.1) is 0 Å². The van der Waals surface area contributed by atoms with Crippen LogP contribution in [0.4, 0.5) is 10.8 Å². The van der Waals surface area contributed by atoms with Crippen LogP contribution in [0.1, 0.15) is 5.56 Å². The lowest BCUT2D eigenvalue weighted by Gasteiger charge is -2.00. The molecule has 0 spiro atoms. The third-order valence-corrected chi connectivity index (χ3v) is 5.09. The van der Waals surface area contributed by atoms with E-state index in [9.17, 15) is 14.9 Å². The highest BCUT2D eigenvalue weighted by Gasteiger charge is 2.14. The summed E-state index contributed by atoms with van der Waals surface area (Å²) in [5.41, 5.74) is 3.52. The van der Waals surface area contributed by atoms with Crippen molar-refractivity contribution in [3.8, 4) is 10.4 Å². The van der Waals surface area contributed by atoms with Crippen LogP contribution >= 0.6 is 22.9 Å². The number of nitrogens with one attached hydrogen (secondary N) is 1. The number of nitrogens with zero attached hydrogens (tertiary/aromatic N) is 3. The maximum absolute atomic E-state index is 12.3. The molecule has 29 heavy (non-hydrogen) atoms. The van der Waals surface area contributed by atoms with Crippen LogP contribution in [-0.2, 0) is 0 Å². The minimum atomic E-state index is -0.552. The van der Waals surface area contributed by atoms with Crippen molar-refractivity contribution in [2.24, 2.45) is 5.10 Å². The Balaban J connectivity index is 1.60. The van der Waals surface area contributed by atoms with Gasteiger partial charge >= 0.3 is 5.63 Å². The van der Waals surface area contributed by atoms with Gasteiger partial charge in [0.15, 0.2) is 0 Å². The van der Waals surface area contributed by atoms with Crippen LogP contribution in [0.15, 0.2) is 69.0 Å². The molecule has 0 saturated heterocycles. The molecule has 144 valence electrons. The number of fused-ring (bicyclic) bond motifs is 1. The number of rotatable bonds is 5. The van der Waals surface area contributed by atoms with Crippen molar-refractivity contribution in [1.29, 1.82) is 0 Å². The molecule has 0 aliphatic heterocycles. The number of aromatic nitrogens is 1. The Hall–Kier alpha value is -3.56. The van der Waals surface area contributed by atoms with E-state index in [0.29, 0.717) is 20.4 Å². The topological polar surface area (TPSA) is 111 Å². The zero-order valence-corrected chi connectivity index (χ0v) is 16.1. The van der Waals surface area contributed by atoms with E-state index in [4.69, 9.17) is 16.0 Å². The van der Waals surface area contributed by atoms with Crippen LogP contribution in [0.2, 0.25) is 5.02 Å². The fourth-order valence-electron chi connectivity index (χ4n) is 2.60. The Morgan fingerprint density at radius 1 is 1.24 bits per heavy atom. The van der Waals surface area contributed by atoms with Gasteiger partial charge in [-0.25, -0.2) is 9.78 Å². The minimum absolute atomic E-state index is 0.0840. The van der Waals surface area contributed by atoms with Crippen molar-refractivity contribution in [2.75, 3.05) is 5.43 Å². The molecule has 0 aliphatic rings. The second kappa shape index (κ2) is 7.82. The molecular formula is C19H11ClN4O4S. The van der Waals surface area contributed by atoms with Crippen LogP contribution < -0.4 is 11.1 Å². The number of hydrogen-bond acceptors (Lipinski definition) is 8. The van der Waals surface area contributed by atoms with Crippen molar-refractivity contribution < 1.29 is 9.34 Å². The predicted molar refractivity (Wildman–Crippen MR) is 113 cm³/mol. The molecule has 2 heterocycles. The lowest BCUT2D eigenvalue weighted by molar-refractivity contribution is -0.384. The fourth-order valence-corrected chi connectivity index (χ4v) is 3.56. The highest BCUT2D eigenvalue weighted by atomic mass is 35.5. The molecule has 1 N–H and O–H groups in total. The summed E-state index contributed by atoms with van der Waals surface area (Å²) in [6.07, 6.45) is 3.10. The molecule has 0 aliphatic carbocycles. The smallest absolute Gasteiger partial charge is 0.345 e. The fraction of sp³-hybridized carbons (Fsp3) is 0. The van der Waals surface area contributed by atoms with E-state index in [1.165, 1.54) is 35.7 Å². The summed E-state index contributed by atoms with van der Waals surface area (Å²) in [5, 5.41) is 16.6. The molecule has 10 heteroatoms. The van der Waals surface area contributed by atoms with E-state index in [-0.39, 0.29) is 16.8 Å². The van der Waals surface area contributed by atoms with E-state index in [0.717, 1.165) is 5.56 Å². The normalized spacial score (nSPS) is 11.2. The Morgan fingerprint density at radius 2 is 2.10 bits per heavy atom. The summed E-state index contributed by atoms with van der Waals surface area (Å²) in [4.78, 5) is 27.5. The van der Waals surface area contributed by atoms with Gasteiger partial charge in [0, 0.05) is 28.7 Å². The first kappa shape index (κ1) is 18.8. The average molecular weight is 427 g/mol. The molecule has 0 radical (unpaired) electrons. The SMILES string of the molecule is O=c1oc2ccc([N+](=O)[O-])cc2cc1-c1cnc(N/N=C\c2cccc(Cl)c2)s1. The number of halogens is 1. The predicted octanol–water partition coefficient (Wildman–Crippen LogP) is 4.92. The minimum Gasteiger partial charge on any atom is -0.422 e. The first-order valence-electron chi connectivity index (χ1n) is 8.23. The molecule has 0 fully saturated rings. The van der Waals surface area contributed by atoms with Gasteiger partial charge in [-0.1, -0.05) is 35.1 Å². The van der Waals surface area contributed by atoms with Crippen LogP contribution in [0.3, 0.4) is 0 Å². The number of hydrogen-bond donors (Lipinski definition) is 1. The second-order valence-corrected chi connectivity index (χ2v) is 7.35. The standard InChI is InChI=1S/C19H11ClN4O4S/c20-13-3-1-2-11(6-13)9-22-23-19-21-10-17(29-19)15-8-12-7-14(24(26)27)4-5-16(12)28-18(15)25/h1-10H,(H,21,23)/b22-9-. The third kappa shape index (κ3) is 4.15. The van der Waals surface area contributed by atoms with Crippen LogP contribution in [0, 0.1) is 10.1 Å². The van der Waals surface area contributed by atoms with Crippen molar-refractivity contribution in [3.05, 3.63) is 85.8 Å². The van der Waals surface area contributed by atoms with Crippen molar-refractivity contribution in [1.82, 2.24) is 4.98 Å². The number of nitro groups is 1. The highest BCUT2D eigenvalue weighted by molar-refractivity contribution is 7.18. The lowest BCUT2D eigenvalue weighted by Crippen LogP contribution is -2.01. The number of benzene rings is 2. The van der Waals surface area contributed by atoms with Crippen molar-refractivity contribution in [3.63, 3.8) is 0 Å². The molecule has 4 aromatic rings. The number of thiazole rings is 1. The zero-order valence-electron chi connectivity index (χ0n) is 14.5. The lowest BCUT2D eigenvalue weighted by atomic mass is 10.1. The summed E-state index contributed by atoms with van der Waals surface area (Å²) >= 11 is 7.13. The molecule has 8 nitrogen and oxygen atoms in total. The van der Waals surface area contributed by atoms with Crippen molar-refractivity contribution >= 4 is 50.9 Å². The summed E-state index contributed by atoms with van der Waals surface area (Å²) in [6, 6.07) is 12.8. The third-order valence-electron chi connectivity index (χ3n) is 3.92. The number of hydrazone groups is 1. The molecule has 4 rings (SSSR count). The summed E-state index contributed by atoms with van der Waals surface area (Å²) in [7, 11) is 0. The molecule has 0 bridgehead atoms. The van der Waals surface area contributed by atoms with E-state index in [1.807, 2.05) is 12.1 Å². The Bertz CT molecular complexity index is 1320. The molecule has 0 atom stereocenters. The average Bonchev–Trinajstić information content (AvgIpc) is 3.15. The van der Waals surface area contributed by atoms with E-state index >= 15 is 0 Å². The van der Waals surface area contributed by atoms with Gasteiger partial charge in [-0.05, 0) is 29.8 Å². The molecule has 2 aromatic carbocycles. The van der Waals surface area contributed by atoms with Gasteiger partial charge in [0.1, 0.15) is 5.58 Å². The van der Waals surface area contributed by atoms with Gasteiger partial charge < -0.3 is 4.42 Å². The van der Waals surface area contributed by atoms with E-state index < -0.39 is 10.5 Å². The summed E-state index contributed by atoms with van der Waals surface area (Å²) in [5.74, 6) is 0. The van der Waals surface area contributed by atoms with E-state index in [2.05, 4.69) is 15.5 Å². The number of nitro benzene ring substituents is 1. The largest absolute Gasteiger partial charge is 0.422 e. The Labute approximate surface area is 172 Å². The molecular weight excluding hydrogens is 416 g/mol. The van der Waals surface area contributed by atoms with E-state index in [1.54, 1.807) is 24.4 Å². The maximum atomic E-state index is 12.3. The first-order chi connectivity index (χ1) is 14.0. The monoisotopic (exact) mass is 426 g/mol. The van der Waals surface area contributed by atoms with Gasteiger partial charge in [-0.2, -0.15) is 5.10 Å². The summed E-state index contributed by atoms with van der Waals surface area (Å²) in [6.45, 7) is 0. The molecule has 2 aromatic heterocycles. The molecule has 0 saturated carbocycles. The van der Waals surface area contributed by atoms with Crippen LogP contribution in [0.25, 0.3) is 21.4 Å². The molecule has 0 amide bonds. The van der Waals surface area contributed by atoms with Crippen LogP contribution in [-0.4, -0.2) is 16.1 Å². The summed E-state index contributed by atoms with van der Waals surface area (Å²) < 4.78 is 5.28. The number of non-ortho nitro benzene ring substituents is 1. The quantitative estimate of drug-likeness (QED) is 0.210. The van der Waals surface area contributed by atoms with Gasteiger partial charge in [-0.3, -0.25) is 15.5 Å². The maximum Gasteiger partial charge on any atom is 0.345 e. The highest BCUT2D eigenvalue weighted by Crippen LogP contribution is 2.29. The van der Waals surface area contributed by atoms with Gasteiger partial charge in [0.05, 0.1) is 21.6 Å². The zero-order chi connectivity index (χ0) is 20.4. The van der Waals surface area contributed by atoms with Gasteiger partial charge in [0.2, 0.25) is 5.13 Å². The van der Waals surface area contributed by atoms with Gasteiger partial charge in [0.25, 0.3) is 5.69 Å². The van der Waals surface area contributed by atoms with Crippen LogP contribution in [0.5, 0.6) is 0 Å². The molecule has 0 unspecified atom stereocenters. The number of anilines is 1. The Kier molecular flexibility index (Phi) is 5.07. The first-order valence-corrected chi connectivity index (χ1v) is 9.42. The Morgan fingerprint density at radius 3 is 2.90 bits per heavy atom. The van der Waals surface area contributed by atoms with Crippen molar-refractivity contribution in [2.45, 2.75) is 0 Å².